The van der Waals surface area contributed by atoms with E-state index in [-0.39, 0.29) is 11.7 Å². The van der Waals surface area contributed by atoms with Gasteiger partial charge in [-0.3, -0.25) is 0 Å². The number of hydrogen-bond acceptors (Lipinski definition) is 2. The Morgan fingerprint density at radius 3 is 2.69 bits per heavy atom. The van der Waals surface area contributed by atoms with Gasteiger partial charge in [0, 0.05) is 16.8 Å². The predicted octanol–water partition coefficient (Wildman–Crippen LogP) is 2.89. The molecule has 1 heterocycles. The smallest absolute Gasteiger partial charge is 0.124 e. The van der Waals surface area contributed by atoms with Crippen molar-refractivity contribution in [2.24, 2.45) is 5.92 Å². The lowest BCUT2D eigenvalue weighted by Gasteiger charge is -2.27. The molecule has 1 fully saturated rings. The monoisotopic (exact) mass is 336 g/mol. The zero-order chi connectivity index (χ0) is 11.5. The van der Waals surface area contributed by atoms with E-state index in [1.165, 1.54) is 12.1 Å². The van der Waals surface area contributed by atoms with Crippen LogP contribution < -0.4 is 0 Å². The van der Waals surface area contributed by atoms with Gasteiger partial charge in [-0.1, -0.05) is 6.07 Å². The molecule has 88 valence electrons. The Morgan fingerprint density at radius 2 is 2.06 bits per heavy atom. The molecule has 1 unspecified atom stereocenters. The highest BCUT2D eigenvalue weighted by Crippen LogP contribution is 2.32. The van der Waals surface area contributed by atoms with Gasteiger partial charge in [-0.2, -0.15) is 0 Å². The van der Waals surface area contributed by atoms with Crippen LogP contribution in [0.1, 0.15) is 24.5 Å². The van der Waals surface area contributed by atoms with Crippen LogP contribution in [-0.2, 0) is 4.74 Å². The third kappa shape index (κ3) is 2.73. The molecule has 2 rings (SSSR count). The van der Waals surface area contributed by atoms with Crippen LogP contribution in [-0.4, -0.2) is 18.3 Å². The van der Waals surface area contributed by atoms with E-state index in [9.17, 15) is 9.50 Å². The fourth-order valence-corrected chi connectivity index (χ4v) is 2.82. The predicted molar refractivity (Wildman–Crippen MR) is 67.6 cm³/mol. The van der Waals surface area contributed by atoms with Crippen LogP contribution in [0.4, 0.5) is 4.39 Å². The van der Waals surface area contributed by atoms with Gasteiger partial charge in [-0.05, 0) is 59.0 Å². The fourth-order valence-electron chi connectivity index (χ4n) is 2.03. The van der Waals surface area contributed by atoms with Crippen LogP contribution in [0, 0.1) is 15.3 Å². The molecule has 0 aliphatic carbocycles. The Labute approximate surface area is 108 Å². The van der Waals surface area contributed by atoms with Gasteiger partial charge < -0.3 is 9.84 Å². The lowest BCUT2D eigenvalue weighted by molar-refractivity contribution is 0.00686. The van der Waals surface area contributed by atoms with Crippen molar-refractivity contribution in [2.75, 3.05) is 13.2 Å². The summed E-state index contributed by atoms with van der Waals surface area (Å²) < 4.78 is 19.0. The lowest BCUT2D eigenvalue weighted by Crippen LogP contribution is -2.22. The number of aliphatic hydroxyl groups is 1. The summed E-state index contributed by atoms with van der Waals surface area (Å²) >= 11 is 2.07. The van der Waals surface area contributed by atoms with Gasteiger partial charge in [0.05, 0.1) is 6.10 Å². The van der Waals surface area contributed by atoms with Crippen LogP contribution in [0.15, 0.2) is 18.2 Å². The summed E-state index contributed by atoms with van der Waals surface area (Å²) in [5.41, 5.74) is 0.828. The molecule has 0 spiro atoms. The first kappa shape index (κ1) is 12.3. The number of ether oxygens (including phenoxy) is 1. The maximum Gasteiger partial charge on any atom is 0.124 e. The van der Waals surface area contributed by atoms with E-state index in [0.717, 1.165) is 22.0 Å². The number of halogens is 2. The van der Waals surface area contributed by atoms with Crippen LogP contribution in [0.3, 0.4) is 0 Å². The molecule has 4 heteroatoms. The zero-order valence-electron chi connectivity index (χ0n) is 8.83. The van der Waals surface area contributed by atoms with Gasteiger partial charge in [0.2, 0.25) is 0 Å². The second-order valence-corrected chi connectivity index (χ2v) is 5.22. The molecule has 16 heavy (non-hydrogen) atoms. The van der Waals surface area contributed by atoms with Gasteiger partial charge in [0.25, 0.3) is 0 Å². The second kappa shape index (κ2) is 5.42. The van der Waals surface area contributed by atoms with Crippen LogP contribution in [0.5, 0.6) is 0 Å². The number of hydrogen-bond donors (Lipinski definition) is 1. The summed E-state index contributed by atoms with van der Waals surface area (Å²) in [5, 5.41) is 10.2. The Morgan fingerprint density at radius 1 is 1.38 bits per heavy atom. The molecule has 1 aliphatic rings. The molecule has 0 bridgehead atoms. The quantitative estimate of drug-likeness (QED) is 0.842. The minimum Gasteiger partial charge on any atom is -0.388 e. The van der Waals surface area contributed by atoms with Gasteiger partial charge in [0.1, 0.15) is 5.82 Å². The van der Waals surface area contributed by atoms with Crippen LogP contribution in [0.2, 0.25) is 0 Å². The first-order chi connectivity index (χ1) is 7.68. The van der Waals surface area contributed by atoms with E-state index in [0.29, 0.717) is 13.2 Å². The van der Waals surface area contributed by atoms with Gasteiger partial charge in [-0.25, -0.2) is 4.39 Å². The van der Waals surface area contributed by atoms with Gasteiger partial charge in [0.15, 0.2) is 0 Å². The van der Waals surface area contributed by atoms with Crippen LogP contribution >= 0.6 is 22.6 Å². The summed E-state index contributed by atoms with van der Waals surface area (Å²) in [6, 6.07) is 4.54. The second-order valence-electron chi connectivity index (χ2n) is 4.06. The van der Waals surface area contributed by atoms with Crippen LogP contribution in [0.25, 0.3) is 0 Å². The maximum atomic E-state index is 12.9. The van der Waals surface area contributed by atoms with Crippen molar-refractivity contribution >= 4 is 22.6 Å². The van der Waals surface area contributed by atoms with Gasteiger partial charge >= 0.3 is 0 Å². The zero-order valence-corrected chi connectivity index (χ0v) is 11.0. The number of aliphatic hydroxyl groups excluding tert-OH is 1. The Kier molecular flexibility index (Phi) is 4.16. The third-order valence-corrected chi connectivity index (χ3v) is 3.93. The van der Waals surface area contributed by atoms with Crippen molar-refractivity contribution in [3.8, 4) is 0 Å². The number of rotatable bonds is 2. The molecule has 1 saturated heterocycles. The normalized spacial score (nSPS) is 19.7. The highest BCUT2D eigenvalue weighted by Gasteiger charge is 2.24. The van der Waals surface area contributed by atoms with E-state index in [1.807, 2.05) is 0 Å². The molecule has 0 radical (unpaired) electrons. The van der Waals surface area contributed by atoms with E-state index in [1.54, 1.807) is 6.07 Å². The van der Waals surface area contributed by atoms with Gasteiger partial charge in [-0.15, -0.1) is 0 Å². The minimum absolute atomic E-state index is 0.229. The highest BCUT2D eigenvalue weighted by atomic mass is 127. The molecule has 1 atom stereocenters. The Balaban J connectivity index is 2.15. The standard InChI is InChI=1S/C12H14FIO2/c13-9-1-2-10(11(14)7-9)12(15)8-3-5-16-6-4-8/h1-2,7-8,12,15H,3-6H2. The van der Waals surface area contributed by atoms with Crippen molar-refractivity contribution in [3.05, 3.63) is 33.1 Å². The Bertz CT molecular complexity index is 364. The SMILES string of the molecule is OC(c1ccc(F)cc1I)C1CCOCC1. The molecule has 1 N–H and O–H groups in total. The summed E-state index contributed by atoms with van der Waals surface area (Å²) in [4.78, 5) is 0. The first-order valence-corrected chi connectivity index (χ1v) is 6.47. The third-order valence-electron chi connectivity index (χ3n) is 2.99. The van der Waals surface area contributed by atoms with E-state index >= 15 is 0 Å². The Hall–Kier alpha value is -0.200. The molecular formula is C12H14FIO2. The van der Waals surface area contributed by atoms with Crippen molar-refractivity contribution in [2.45, 2.75) is 18.9 Å². The largest absolute Gasteiger partial charge is 0.388 e. The molecule has 1 aromatic carbocycles. The van der Waals surface area contributed by atoms with Crippen molar-refractivity contribution in [1.29, 1.82) is 0 Å². The molecular weight excluding hydrogens is 322 g/mol. The van der Waals surface area contributed by atoms with Crippen molar-refractivity contribution in [1.82, 2.24) is 0 Å². The highest BCUT2D eigenvalue weighted by molar-refractivity contribution is 14.1. The molecule has 0 saturated carbocycles. The summed E-state index contributed by atoms with van der Waals surface area (Å²) in [6.07, 6.45) is 1.24. The average molecular weight is 336 g/mol. The summed E-state index contributed by atoms with van der Waals surface area (Å²) in [7, 11) is 0. The molecule has 0 aromatic heterocycles. The summed E-state index contributed by atoms with van der Waals surface area (Å²) in [6.45, 7) is 1.42. The maximum absolute atomic E-state index is 12.9. The average Bonchev–Trinajstić information content (AvgIpc) is 2.29. The summed E-state index contributed by atoms with van der Waals surface area (Å²) in [5.74, 6) is -0.0277. The minimum atomic E-state index is -0.503. The van der Waals surface area contributed by atoms with E-state index in [2.05, 4.69) is 22.6 Å². The molecule has 1 aromatic rings. The van der Waals surface area contributed by atoms with E-state index < -0.39 is 6.10 Å². The number of benzene rings is 1. The molecule has 0 amide bonds. The topological polar surface area (TPSA) is 29.5 Å². The first-order valence-electron chi connectivity index (χ1n) is 5.39. The van der Waals surface area contributed by atoms with Crippen molar-refractivity contribution < 1.29 is 14.2 Å². The van der Waals surface area contributed by atoms with Crippen molar-refractivity contribution in [3.63, 3.8) is 0 Å². The van der Waals surface area contributed by atoms with E-state index in [4.69, 9.17) is 4.74 Å². The molecule has 1 aliphatic heterocycles. The fraction of sp³-hybridized carbons (Fsp3) is 0.500. The lowest BCUT2D eigenvalue weighted by atomic mass is 9.89. The molecule has 2 nitrogen and oxygen atoms in total.